The summed E-state index contributed by atoms with van der Waals surface area (Å²) in [6, 6.07) is 3.15. The molecule has 2 heterocycles. The maximum atomic E-state index is 11.0. The Morgan fingerprint density at radius 1 is 1.42 bits per heavy atom. The van der Waals surface area contributed by atoms with Gasteiger partial charge in [0.1, 0.15) is 17.3 Å². The van der Waals surface area contributed by atoms with Crippen LogP contribution in [0.4, 0.5) is 5.82 Å². The van der Waals surface area contributed by atoms with Gasteiger partial charge in [0.05, 0.1) is 0 Å². The molecular weight excluding hydrogens is 246 g/mol. The Bertz CT molecular complexity index is 605. The molecule has 100 valence electrons. The lowest BCUT2D eigenvalue weighted by Crippen LogP contribution is -2.14. The number of nitrogens with one attached hydrogen (secondary N) is 1. The van der Waals surface area contributed by atoms with E-state index in [1.165, 1.54) is 10.7 Å². The molecule has 2 aromatic heterocycles. The van der Waals surface area contributed by atoms with Crippen LogP contribution in [0.2, 0.25) is 0 Å². The number of primary amides is 1. The maximum Gasteiger partial charge on any atom is 0.269 e. The van der Waals surface area contributed by atoms with Crippen LogP contribution in [0.15, 0.2) is 18.3 Å². The first-order chi connectivity index (χ1) is 9.01. The average Bonchev–Trinajstić information content (AvgIpc) is 2.87. The third kappa shape index (κ3) is 2.68. The topological polar surface area (TPSA) is 125 Å². The molecule has 0 aromatic carbocycles. The van der Waals surface area contributed by atoms with Gasteiger partial charge in [-0.25, -0.2) is 20.5 Å². The highest BCUT2D eigenvalue weighted by atomic mass is 16.1. The molecule has 0 aliphatic heterocycles. The second-order valence-electron chi connectivity index (χ2n) is 4.28. The third-order valence-corrected chi connectivity index (χ3v) is 2.47. The quantitative estimate of drug-likeness (QED) is 0.532. The average molecular weight is 261 g/mol. The van der Waals surface area contributed by atoms with Crippen LogP contribution in [0.5, 0.6) is 0 Å². The molecule has 0 spiro atoms. The second kappa shape index (κ2) is 5.02. The molecule has 2 aromatic rings. The zero-order valence-corrected chi connectivity index (χ0v) is 10.7. The molecule has 0 atom stereocenters. The van der Waals surface area contributed by atoms with E-state index in [4.69, 9.17) is 11.6 Å². The van der Waals surface area contributed by atoms with Crippen molar-refractivity contribution >= 4 is 11.7 Å². The van der Waals surface area contributed by atoms with Crippen molar-refractivity contribution in [1.82, 2.24) is 19.7 Å². The Morgan fingerprint density at radius 2 is 2.16 bits per heavy atom. The van der Waals surface area contributed by atoms with Gasteiger partial charge >= 0.3 is 0 Å². The summed E-state index contributed by atoms with van der Waals surface area (Å²) in [6.45, 7) is 3.94. The number of aromatic nitrogens is 4. The van der Waals surface area contributed by atoms with Crippen molar-refractivity contribution in [2.24, 2.45) is 11.6 Å². The zero-order chi connectivity index (χ0) is 14.0. The highest BCUT2D eigenvalue weighted by Gasteiger charge is 2.11. The van der Waals surface area contributed by atoms with Gasteiger partial charge in [0.2, 0.25) is 0 Å². The number of nitrogen functional groups attached to an aromatic ring is 1. The van der Waals surface area contributed by atoms with Crippen LogP contribution >= 0.6 is 0 Å². The van der Waals surface area contributed by atoms with Crippen LogP contribution in [0.1, 0.15) is 36.1 Å². The predicted molar refractivity (Wildman–Crippen MR) is 69.6 cm³/mol. The molecule has 0 saturated carbocycles. The molecule has 0 fully saturated rings. The lowest BCUT2D eigenvalue weighted by Gasteiger charge is -2.09. The van der Waals surface area contributed by atoms with Gasteiger partial charge in [-0.15, -0.1) is 0 Å². The molecule has 0 aliphatic carbocycles. The van der Waals surface area contributed by atoms with E-state index in [1.54, 1.807) is 12.3 Å². The number of nitrogens with two attached hydrogens (primary N) is 2. The summed E-state index contributed by atoms with van der Waals surface area (Å²) in [5.41, 5.74) is 7.81. The fourth-order valence-electron chi connectivity index (χ4n) is 1.49. The lowest BCUT2D eigenvalue weighted by molar-refractivity contribution is 0.0995. The van der Waals surface area contributed by atoms with Crippen molar-refractivity contribution < 1.29 is 4.79 Å². The fraction of sp³-hybridized carbons (Fsp3) is 0.273. The number of rotatable bonds is 4. The van der Waals surface area contributed by atoms with Gasteiger partial charge in [0, 0.05) is 18.2 Å². The van der Waals surface area contributed by atoms with E-state index in [0.717, 1.165) is 0 Å². The maximum absolute atomic E-state index is 11.0. The van der Waals surface area contributed by atoms with Gasteiger partial charge in [0.25, 0.3) is 5.91 Å². The Kier molecular flexibility index (Phi) is 3.43. The fourth-order valence-corrected chi connectivity index (χ4v) is 1.49. The largest absolute Gasteiger partial charge is 0.364 e. The Morgan fingerprint density at radius 3 is 2.68 bits per heavy atom. The van der Waals surface area contributed by atoms with Crippen LogP contribution in [0, 0.1) is 0 Å². The molecule has 0 unspecified atom stereocenters. The van der Waals surface area contributed by atoms with Crippen molar-refractivity contribution in [3.05, 3.63) is 29.8 Å². The normalized spacial score (nSPS) is 10.7. The van der Waals surface area contributed by atoms with Gasteiger partial charge in [-0.1, -0.05) is 13.8 Å². The van der Waals surface area contributed by atoms with Crippen molar-refractivity contribution in [3.8, 4) is 5.82 Å². The van der Waals surface area contributed by atoms with E-state index in [0.29, 0.717) is 17.5 Å². The van der Waals surface area contributed by atoms with Crippen molar-refractivity contribution in [3.63, 3.8) is 0 Å². The molecule has 2 rings (SSSR count). The van der Waals surface area contributed by atoms with Crippen molar-refractivity contribution in [2.75, 3.05) is 5.43 Å². The van der Waals surface area contributed by atoms with Crippen LogP contribution in [-0.4, -0.2) is 25.7 Å². The number of carbonyl (C=O) groups is 1. The highest BCUT2D eigenvalue weighted by molar-refractivity contribution is 5.90. The standard InChI is InChI=1S/C11H15N7O/c1-6(2)11-14-8(16-13)5-9(15-11)18-4-3-7(17-18)10(12)19/h3-6H,13H2,1-2H3,(H2,12,19)(H,14,15,16). The minimum atomic E-state index is -0.589. The number of hydrogen-bond donors (Lipinski definition) is 3. The monoisotopic (exact) mass is 261 g/mol. The number of carbonyl (C=O) groups excluding carboxylic acids is 1. The number of hydrazine groups is 1. The van der Waals surface area contributed by atoms with Crippen molar-refractivity contribution in [1.29, 1.82) is 0 Å². The van der Waals surface area contributed by atoms with E-state index in [2.05, 4.69) is 20.5 Å². The molecule has 0 bridgehead atoms. The van der Waals surface area contributed by atoms with Gasteiger partial charge in [0.15, 0.2) is 5.82 Å². The molecule has 0 radical (unpaired) electrons. The number of nitrogens with zero attached hydrogens (tertiary/aromatic N) is 4. The molecule has 19 heavy (non-hydrogen) atoms. The van der Waals surface area contributed by atoms with Gasteiger partial charge in [-0.3, -0.25) is 4.79 Å². The molecule has 5 N–H and O–H groups in total. The minimum Gasteiger partial charge on any atom is -0.364 e. The Hall–Kier alpha value is -2.48. The van der Waals surface area contributed by atoms with Crippen LogP contribution in [0.25, 0.3) is 5.82 Å². The summed E-state index contributed by atoms with van der Waals surface area (Å²) in [4.78, 5) is 19.6. The molecule has 0 aliphatic rings. The Balaban J connectivity index is 2.47. The highest BCUT2D eigenvalue weighted by Crippen LogP contribution is 2.15. The second-order valence-corrected chi connectivity index (χ2v) is 4.28. The van der Waals surface area contributed by atoms with Crippen LogP contribution in [0.3, 0.4) is 0 Å². The van der Waals surface area contributed by atoms with Gasteiger partial charge in [-0.2, -0.15) is 5.10 Å². The van der Waals surface area contributed by atoms with E-state index in [9.17, 15) is 4.79 Å². The first-order valence-electron chi connectivity index (χ1n) is 5.72. The first kappa shape index (κ1) is 13.0. The molecular formula is C11H15N7O. The van der Waals surface area contributed by atoms with E-state index >= 15 is 0 Å². The minimum absolute atomic E-state index is 0.137. The third-order valence-electron chi connectivity index (χ3n) is 2.47. The summed E-state index contributed by atoms with van der Waals surface area (Å²) in [5.74, 6) is 6.54. The molecule has 0 saturated heterocycles. The lowest BCUT2D eigenvalue weighted by atomic mass is 10.2. The number of amides is 1. The zero-order valence-electron chi connectivity index (χ0n) is 10.7. The predicted octanol–water partition coefficient (Wildman–Crippen LogP) is 0.170. The summed E-state index contributed by atoms with van der Waals surface area (Å²) < 4.78 is 1.45. The van der Waals surface area contributed by atoms with E-state index in [-0.39, 0.29) is 11.6 Å². The summed E-state index contributed by atoms with van der Waals surface area (Å²) in [7, 11) is 0. The van der Waals surface area contributed by atoms with Gasteiger partial charge < -0.3 is 11.2 Å². The molecule has 8 heteroatoms. The molecule has 8 nitrogen and oxygen atoms in total. The Labute approximate surface area is 109 Å². The summed E-state index contributed by atoms with van der Waals surface area (Å²) >= 11 is 0. The SMILES string of the molecule is CC(C)c1nc(NN)cc(-n2ccc(C(N)=O)n2)n1. The smallest absolute Gasteiger partial charge is 0.269 e. The number of hydrogen-bond acceptors (Lipinski definition) is 6. The van der Waals surface area contributed by atoms with Gasteiger partial charge in [-0.05, 0) is 6.07 Å². The van der Waals surface area contributed by atoms with Crippen molar-refractivity contribution in [2.45, 2.75) is 19.8 Å². The summed E-state index contributed by atoms with van der Waals surface area (Å²) in [5, 5.41) is 4.04. The first-order valence-corrected chi connectivity index (χ1v) is 5.72. The van der Waals surface area contributed by atoms with E-state index in [1.807, 2.05) is 13.8 Å². The summed E-state index contributed by atoms with van der Waals surface area (Å²) in [6.07, 6.45) is 1.60. The van der Waals surface area contributed by atoms with E-state index < -0.39 is 5.91 Å². The van der Waals surface area contributed by atoms with Crippen LogP contribution < -0.4 is 17.0 Å². The van der Waals surface area contributed by atoms with Crippen LogP contribution in [-0.2, 0) is 0 Å². The molecule has 1 amide bonds. The number of anilines is 1.